The SMILES string of the molecule is CCCN1CCN(c2ccc(C(=O)NC3CCCCC3)cc2)CC1. The zero-order valence-electron chi connectivity index (χ0n) is 15.0. The second-order valence-corrected chi connectivity index (χ2v) is 7.18. The van der Waals surface area contributed by atoms with Crippen LogP contribution in [-0.4, -0.2) is 49.6 Å². The lowest BCUT2D eigenvalue weighted by atomic mass is 9.95. The molecule has 2 fully saturated rings. The maximum absolute atomic E-state index is 12.4. The highest BCUT2D eigenvalue weighted by molar-refractivity contribution is 5.94. The van der Waals surface area contributed by atoms with Crippen molar-refractivity contribution in [2.24, 2.45) is 0 Å². The van der Waals surface area contributed by atoms with E-state index in [1.807, 2.05) is 12.1 Å². The molecule has 1 saturated carbocycles. The molecule has 1 heterocycles. The molecule has 3 rings (SSSR count). The van der Waals surface area contributed by atoms with Crippen LogP contribution in [0.2, 0.25) is 0 Å². The van der Waals surface area contributed by atoms with Crippen molar-refractivity contribution in [3.8, 4) is 0 Å². The van der Waals surface area contributed by atoms with Gasteiger partial charge in [0.05, 0.1) is 0 Å². The van der Waals surface area contributed by atoms with Crippen molar-refractivity contribution in [3.63, 3.8) is 0 Å². The molecule has 1 amide bonds. The number of amides is 1. The fourth-order valence-corrected chi connectivity index (χ4v) is 3.89. The van der Waals surface area contributed by atoms with Crippen LogP contribution in [0.3, 0.4) is 0 Å². The number of piperazine rings is 1. The summed E-state index contributed by atoms with van der Waals surface area (Å²) < 4.78 is 0. The molecule has 0 radical (unpaired) electrons. The van der Waals surface area contributed by atoms with E-state index < -0.39 is 0 Å². The lowest BCUT2D eigenvalue weighted by Crippen LogP contribution is -2.46. The largest absolute Gasteiger partial charge is 0.369 e. The van der Waals surface area contributed by atoms with Gasteiger partial charge in [0.2, 0.25) is 0 Å². The van der Waals surface area contributed by atoms with Gasteiger partial charge in [-0.15, -0.1) is 0 Å². The predicted octanol–water partition coefficient (Wildman–Crippen LogP) is 3.28. The number of rotatable bonds is 5. The molecule has 1 aliphatic carbocycles. The summed E-state index contributed by atoms with van der Waals surface area (Å²) in [5, 5.41) is 3.19. The van der Waals surface area contributed by atoms with E-state index in [-0.39, 0.29) is 5.91 Å². The normalized spacial score (nSPS) is 20.1. The van der Waals surface area contributed by atoms with Gasteiger partial charge in [-0.1, -0.05) is 26.2 Å². The van der Waals surface area contributed by atoms with E-state index in [0.717, 1.165) is 44.6 Å². The van der Waals surface area contributed by atoms with E-state index in [1.54, 1.807) is 0 Å². The van der Waals surface area contributed by atoms with Gasteiger partial charge in [-0.3, -0.25) is 9.69 Å². The van der Waals surface area contributed by atoms with Crippen LogP contribution in [-0.2, 0) is 0 Å². The first-order chi connectivity index (χ1) is 11.8. The van der Waals surface area contributed by atoms with Crippen molar-refractivity contribution in [1.82, 2.24) is 10.2 Å². The van der Waals surface area contributed by atoms with Gasteiger partial charge < -0.3 is 10.2 Å². The molecule has 4 nitrogen and oxygen atoms in total. The summed E-state index contributed by atoms with van der Waals surface area (Å²) in [4.78, 5) is 17.3. The molecule has 1 saturated heterocycles. The summed E-state index contributed by atoms with van der Waals surface area (Å²) in [6.45, 7) is 7.87. The Balaban J connectivity index is 1.52. The molecule has 1 aromatic rings. The fourth-order valence-electron chi connectivity index (χ4n) is 3.89. The van der Waals surface area contributed by atoms with E-state index in [9.17, 15) is 4.79 Å². The highest BCUT2D eigenvalue weighted by Crippen LogP contribution is 2.20. The zero-order valence-corrected chi connectivity index (χ0v) is 15.0. The van der Waals surface area contributed by atoms with E-state index >= 15 is 0 Å². The predicted molar refractivity (Wildman–Crippen MR) is 99.7 cm³/mol. The van der Waals surface area contributed by atoms with E-state index in [2.05, 4.69) is 34.2 Å². The highest BCUT2D eigenvalue weighted by atomic mass is 16.1. The highest BCUT2D eigenvalue weighted by Gasteiger charge is 2.18. The molecule has 1 aliphatic heterocycles. The first kappa shape index (κ1) is 17.3. The van der Waals surface area contributed by atoms with E-state index in [1.165, 1.54) is 37.9 Å². The van der Waals surface area contributed by atoms with Crippen molar-refractivity contribution in [2.45, 2.75) is 51.5 Å². The van der Waals surface area contributed by atoms with E-state index in [4.69, 9.17) is 0 Å². The van der Waals surface area contributed by atoms with Crippen LogP contribution < -0.4 is 10.2 Å². The van der Waals surface area contributed by atoms with Gasteiger partial charge in [0.15, 0.2) is 0 Å². The molecule has 0 atom stereocenters. The quantitative estimate of drug-likeness (QED) is 0.900. The minimum absolute atomic E-state index is 0.0845. The number of hydrogen-bond acceptors (Lipinski definition) is 3. The first-order valence-corrected chi connectivity index (χ1v) is 9.64. The third-order valence-corrected chi connectivity index (χ3v) is 5.35. The van der Waals surface area contributed by atoms with Crippen LogP contribution in [0, 0.1) is 0 Å². The molecule has 0 bridgehead atoms. The molecule has 0 spiro atoms. The number of nitrogens with zero attached hydrogens (tertiary/aromatic N) is 2. The van der Waals surface area contributed by atoms with Gasteiger partial charge in [-0.25, -0.2) is 0 Å². The Hall–Kier alpha value is -1.55. The minimum Gasteiger partial charge on any atom is -0.369 e. The smallest absolute Gasteiger partial charge is 0.251 e. The van der Waals surface area contributed by atoms with Gasteiger partial charge in [0.1, 0.15) is 0 Å². The summed E-state index contributed by atoms with van der Waals surface area (Å²) in [6.07, 6.45) is 7.29. The van der Waals surface area contributed by atoms with Crippen LogP contribution in [0.4, 0.5) is 5.69 Å². The van der Waals surface area contributed by atoms with Gasteiger partial charge in [0.25, 0.3) is 5.91 Å². The number of nitrogens with one attached hydrogen (secondary N) is 1. The standard InChI is InChI=1S/C20H31N3O/c1-2-12-22-13-15-23(16-14-22)19-10-8-17(9-11-19)20(24)21-18-6-4-3-5-7-18/h8-11,18H,2-7,12-16H2,1H3,(H,21,24). The number of anilines is 1. The lowest BCUT2D eigenvalue weighted by Gasteiger charge is -2.36. The summed E-state index contributed by atoms with van der Waals surface area (Å²) >= 11 is 0. The van der Waals surface area contributed by atoms with Crippen molar-refractivity contribution in [3.05, 3.63) is 29.8 Å². The summed E-state index contributed by atoms with van der Waals surface area (Å²) in [7, 11) is 0. The summed E-state index contributed by atoms with van der Waals surface area (Å²) in [6, 6.07) is 8.53. The van der Waals surface area contributed by atoms with Crippen LogP contribution in [0.25, 0.3) is 0 Å². The Morgan fingerprint density at radius 2 is 1.71 bits per heavy atom. The molecular formula is C20H31N3O. The molecule has 0 aromatic heterocycles. The number of carbonyl (C=O) groups excluding carboxylic acids is 1. The number of hydrogen-bond donors (Lipinski definition) is 1. The molecule has 132 valence electrons. The molecule has 2 aliphatic rings. The Bertz CT molecular complexity index is 514. The summed E-state index contributed by atoms with van der Waals surface area (Å²) in [5.74, 6) is 0.0845. The number of benzene rings is 1. The molecular weight excluding hydrogens is 298 g/mol. The van der Waals surface area contributed by atoms with Crippen molar-refractivity contribution in [2.75, 3.05) is 37.6 Å². The average Bonchev–Trinajstić information content (AvgIpc) is 2.64. The monoisotopic (exact) mass is 329 g/mol. The molecule has 1 N–H and O–H groups in total. The average molecular weight is 329 g/mol. The Labute approximate surface area is 146 Å². The Morgan fingerprint density at radius 3 is 2.33 bits per heavy atom. The van der Waals surface area contributed by atoms with Crippen molar-refractivity contribution >= 4 is 11.6 Å². The lowest BCUT2D eigenvalue weighted by molar-refractivity contribution is 0.0927. The molecule has 0 unspecified atom stereocenters. The number of carbonyl (C=O) groups is 1. The van der Waals surface area contributed by atoms with E-state index in [0.29, 0.717) is 6.04 Å². The maximum Gasteiger partial charge on any atom is 0.251 e. The molecule has 4 heteroatoms. The van der Waals surface area contributed by atoms with Gasteiger partial charge in [-0.05, 0) is 50.1 Å². The fraction of sp³-hybridized carbons (Fsp3) is 0.650. The summed E-state index contributed by atoms with van der Waals surface area (Å²) in [5.41, 5.74) is 2.02. The zero-order chi connectivity index (χ0) is 16.8. The molecule has 24 heavy (non-hydrogen) atoms. The van der Waals surface area contributed by atoms with Crippen molar-refractivity contribution in [1.29, 1.82) is 0 Å². The Morgan fingerprint density at radius 1 is 1.04 bits per heavy atom. The third kappa shape index (κ3) is 4.50. The second kappa shape index (κ2) is 8.52. The maximum atomic E-state index is 12.4. The van der Waals surface area contributed by atoms with Gasteiger partial charge in [-0.2, -0.15) is 0 Å². The topological polar surface area (TPSA) is 35.6 Å². The van der Waals surface area contributed by atoms with Gasteiger partial charge >= 0.3 is 0 Å². The minimum atomic E-state index is 0.0845. The van der Waals surface area contributed by atoms with Crippen LogP contribution in [0.15, 0.2) is 24.3 Å². The van der Waals surface area contributed by atoms with Crippen molar-refractivity contribution < 1.29 is 4.79 Å². The van der Waals surface area contributed by atoms with Crippen LogP contribution in [0.1, 0.15) is 55.8 Å². The first-order valence-electron chi connectivity index (χ1n) is 9.64. The van der Waals surface area contributed by atoms with Gasteiger partial charge in [0, 0.05) is 43.5 Å². The molecule has 1 aromatic carbocycles. The Kier molecular flexibility index (Phi) is 6.13. The van der Waals surface area contributed by atoms with Crippen LogP contribution >= 0.6 is 0 Å². The van der Waals surface area contributed by atoms with Crippen LogP contribution in [0.5, 0.6) is 0 Å². The second-order valence-electron chi connectivity index (χ2n) is 7.18. The third-order valence-electron chi connectivity index (χ3n) is 5.35.